The van der Waals surface area contributed by atoms with Crippen LogP contribution in [0.3, 0.4) is 0 Å². The molecule has 5 nitrogen and oxygen atoms in total. The van der Waals surface area contributed by atoms with Gasteiger partial charge in [-0.3, -0.25) is 14.5 Å². The number of aromatic nitrogens is 1. The van der Waals surface area contributed by atoms with E-state index in [1.54, 1.807) is 4.90 Å². The number of hydrogen-bond acceptors (Lipinski definition) is 2. The second-order valence-electron chi connectivity index (χ2n) is 10.1. The molecular formula is C33H27N3O2. The molecule has 186 valence electrons. The summed E-state index contributed by atoms with van der Waals surface area (Å²) >= 11 is 0. The molecule has 4 aromatic carbocycles. The van der Waals surface area contributed by atoms with Crippen molar-refractivity contribution in [2.75, 3.05) is 11.4 Å². The quantitative estimate of drug-likeness (QED) is 0.283. The minimum absolute atomic E-state index is 0.0328. The third kappa shape index (κ3) is 3.70. The summed E-state index contributed by atoms with van der Waals surface area (Å²) in [6.45, 7) is 0.0328. The summed E-state index contributed by atoms with van der Waals surface area (Å²) in [6.07, 6.45) is 3.89. The molecule has 0 N–H and O–H groups in total. The van der Waals surface area contributed by atoms with Gasteiger partial charge in [-0.2, -0.15) is 0 Å². The van der Waals surface area contributed by atoms with Gasteiger partial charge in [-0.05, 0) is 59.5 Å². The molecule has 5 aromatic rings. The van der Waals surface area contributed by atoms with Crippen LogP contribution in [0.4, 0.5) is 5.69 Å². The highest BCUT2D eigenvalue weighted by molar-refractivity contribution is 6.09. The summed E-state index contributed by atoms with van der Waals surface area (Å²) in [5, 5.41) is 1.94. The lowest BCUT2D eigenvalue weighted by atomic mass is 9.97. The summed E-state index contributed by atoms with van der Waals surface area (Å²) in [6, 6.07) is 35.8. The standard InChI is InChI=1S/C33H27N3O2/c37-31(22-35(25-19-20-25)33(38)27-15-8-13-23-10-4-5-14-26(23)27)36-29-17-7-6-16-28(29)34-21-9-18-30(34)32(36)24-11-2-1-3-12-24/h1-18,21,25,32H,19-20,22H2. The third-order valence-electron chi connectivity index (χ3n) is 7.68. The van der Waals surface area contributed by atoms with Crippen molar-refractivity contribution in [3.63, 3.8) is 0 Å². The van der Waals surface area contributed by atoms with E-state index in [0.29, 0.717) is 5.56 Å². The first-order valence-electron chi connectivity index (χ1n) is 13.1. The summed E-state index contributed by atoms with van der Waals surface area (Å²) in [5.41, 5.74) is 4.53. The normalized spacial score (nSPS) is 16.1. The van der Waals surface area contributed by atoms with Crippen molar-refractivity contribution in [2.45, 2.75) is 24.9 Å². The van der Waals surface area contributed by atoms with Crippen molar-refractivity contribution < 1.29 is 9.59 Å². The van der Waals surface area contributed by atoms with Crippen LogP contribution in [0.15, 0.2) is 115 Å². The van der Waals surface area contributed by atoms with Crippen LogP contribution in [0, 0.1) is 0 Å². The van der Waals surface area contributed by atoms with Gasteiger partial charge in [-0.15, -0.1) is 0 Å². The van der Waals surface area contributed by atoms with Crippen molar-refractivity contribution >= 4 is 28.3 Å². The molecule has 1 aliphatic carbocycles. The van der Waals surface area contributed by atoms with Crippen molar-refractivity contribution in [2.24, 2.45) is 0 Å². The number of fused-ring (bicyclic) bond motifs is 4. The molecule has 1 atom stereocenters. The average molecular weight is 498 g/mol. The lowest BCUT2D eigenvalue weighted by Gasteiger charge is -2.39. The molecule has 0 saturated heterocycles. The highest BCUT2D eigenvalue weighted by Crippen LogP contribution is 2.42. The highest BCUT2D eigenvalue weighted by Gasteiger charge is 2.40. The molecule has 5 heteroatoms. The molecule has 2 aliphatic rings. The van der Waals surface area contributed by atoms with Crippen molar-refractivity contribution in [1.29, 1.82) is 0 Å². The Balaban J connectivity index is 1.30. The van der Waals surface area contributed by atoms with E-state index in [2.05, 4.69) is 22.8 Å². The molecule has 1 fully saturated rings. The zero-order chi connectivity index (χ0) is 25.6. The SMILES string of the molecule is O=C(c1cccc2ccccc12)N(CC(=O)N1c2ccccc2-n2cccc2C1c1ccccc1)C1CC1. The fourth-order valence-corrected chi connectivity index (χ4v) is 5.75. The van der Waals surface area contributed by atoms with E-state index in [0.717, 1.165) is 46.2 Å². The van der Waals surface area contributed by atoms with Gasteiger partial charge in [0.1, 0.15) is 12.6 Å². The lowest BCUT2D eigenvalue weighted by Crippen LogP contribution is -2.47. The first-order valence-corrected chi connectivity index (χ1v) is 13.1. The van der Waals surface area contributed by atoms with E-state index in [9.17, 15) is 9.59 Å². The molecule has 38 heavy (non-hydrogen) atoms. The highest BCUT2D eigenvalue weighted by atomic mass is 16.2. The Morgan fingerprint density at radius 1 is 0.737 bits per heavy atom. The molecule has 0 radical (unpaired) electrons. The fourth-order valence-electron chi connectivity index (χ4n) is 5.75. The van der Waals surface area contributed by atoms with Gasteiger partial charge in [-0.1, -0.05) is 78.9 Å². The van der Waals surface area contributed by atoms with Crippen LogP contribution >= 0.6 is 0 Å². The topological polar surface area (TPSA) is 45.6 Å². The largest absolute Gasteiger partial charge is 0.326 e. The number of benzene rings is 4. The molecule has 2 heterocycles. The Kier molecular flexibility index (Phi) is 5.36. The lowest BCUT2D eigenvalue weighted by molar-refractivity contribution is -0.119. The maximum absolute atomic E-state index is 14.3. The molecule has 1 aromatic heterocycles. The number of para-hydroxylation sites is 2. The monoisotopic (exact) mass is 497 g/mol. The first-order chi connectivity index (χ1) is 18.7. The molecule has 1 saturated carbocycles. The number of carbonyl (C=O) groups excluding carboxylic acids is 2. The van der Waals surface area contributed by atoms with E-state index in [4.69, 9.17) is 0 Å². The minimum Gasteiger partial charge on any atom is -0.326 e. The number of hydrogen-bond donors (Lipinski definition) is 0. The Morgan fingerprint density at radius 2 is 1.45 bits per heavy atom. The van der Waals surface area contributed by atoms with Gasteiger partial charge >= 0.3 is 0 Å². The van der Waals surface area contributed by atoms with Gasteiger partial charge in [0.05, 0.1) is 17.1 Å². The average Bonchev–Trinajstić information content (AvgIpc) is 3.70. The van der Waals surface area contributed by atoms with Gasteiger partial charge in [-0.25, -0.2) is 0 Å². The second kappa shape index (κ2) is 9.03. The summed E-state index contributed by atoms with van der Waals surface area (Å²) in [7, 11) is 0. The number of rotatable bonds is 5. The maximum Gasteiger partial charge on any atom is 0.255 e. The van der Waals surface area contributed by atoms with Crippen LogP contribution in [-0.2, 0) is 4.79 Å². The van der Waals surface area contributed by atoms with Crippen molar-refractivity contribution in [1.82, 2.24) is 9.47 Å². The van der Waals surface area contributed by atoms with Gasteiger partial charge in [0, 0.05) is 17.8 Å². The molecular weight excluding hydrogens is 470 g/mol. The number of amides is 2. The van der Waals surface area contributed by atoms with E-state index >= 15 is 0 Å². The minimum atomic E-state index is -0.290. The number of carbonyl (C=O) groups is 2. The van der Waals surface area contributed by atoms with Crippen molar-refractivity contribution in [3.8, 4) is 5.69 Å². The van der Waals surface area contributed by atoms with E-state index in [1.165, 1.54) is 0 Å². The summed E-state index contributed by atoms with van der Waals surface area (Å²) in [5.74, 6) is -0.165. The third-order valence-corrected chi connectivity index (χ3v) is 7.68. The summed E-state index contributed by atoms with van der Waals surface area (Å²) in [4.78, 5) is 32.0. The summed E-state index contributed by atoms with van der Waals surface area (Å²) < 4.78 is 2.16. The van der Waals surface area contributed by atoms with Crippen LogP contribution in [0.5, 0.6) is 0 Å². The van der Waals surface area contributed by atoms with Crippen LogP contribution < -0.4 is 4.90 Å². The molecule has 0 bridgehead atoms. The number of anilines is 1. The van der Waals surface area contributed by atoms with Crippen LogP contribution in [0.2, 0.25) is 0 Å². The first kappa shape index (κ1) is 22.5. The molecule has 1 unspecified atom stereocenters. The Morgan fingerprint density at radius 3 is 2.26 bits per heavy atom. The predicted octanol–water partition coefficient (Wildman–Crippen LogP) is 6.37. The predicted molar refractivity (Wildman–Crippen MR) is 150 cm³/mol. The van der Waals surface area contributed by atoms with Gasteiger partial charge in [0.2, 0.25) is 5.91 Å². The van der Waals surface area contributed by atoms with Gasteiger partial charge in [0.15, 0.2) is 0 Å². The zero-order valence-electron chi connectivity index (χ0n) is 20.9. The second-order valence-corrected chi connectivity index (χ2v) is 10.1. The molecule has 1 aliphatic heterocycles. The van der Waals surface area contributed by atoms with Crippen LogP contribution in [0.1, 0.15) is 40.5 Å². The zero-order valence-corrected chi connectivity index (χ0v) is 20.9. The van der Waals surface area contributed by atoms with Gasteiger partial charge in [0.25, 0.3) is 5.91 Å². The molecule has 0 spiro atoms. The van der Waals surface area contributed by atoms with Crippen molar-refractivity contribution in [3.05, 3.63) is 132 Å². The Labute approximate surface area is 221 Å². The smallest absolute Gasteiger partial charge is 0.255 e. The van der Waals surface area contributed by atoms with E-state index in [-0.39, 0.29) is 30.4 Å². The fraction of sp³-hybridized carbons (Fsp3) is 0.152. The van der Waals surface area contributed by atoms with E-state index < -0.39 is 0 Å². The van der Waals surface area contributed by atoms with Crippen LogP contribution in [0.25, 0.3) is 16.5 Å². The molecule has 7 rings (SSSR count). The Hall–Kier alpha value is -4.64. The van der Waals surface area contributed by atoms with E-state index in [1.807, 2.05) is 102 Å². The number of nitrogens with zero attached hydrogens (tertiary/aromatic N) is 3. The maximum atomic E-state index is 14.3. The van der Waals surface area contributed by atoms with Crippen LogP contribution in [-0.4, -0.2) is 33.9 Å². The molecule has 2 amide bonds. The Bertz CT molecular complexity index is 1660. The van der Waals surface area contributed by atoms with Gasteiger partial charge < -0.3 is 9.47 Å².